The molecule has 0 aliphatic carbocycles. The highest BCUT2D eigenvalue weighted by Gasteiger charge is 2.10. The van der Waals surface area contributed by atoms with Gasteiger partial charge in [0.2, 0.25) is 0 Å². The van der Waals surface area contributed by atoms with Gasteiger partial charge in [-0.15, -0.1) is 0 Å². The Balaban J connectivity index is 2.88. The Bertz CT molecular complexity index is 452. The second-order valence-corrected chi connectivity index (χ2v) is 3.49. The number of nitrogens with one attached hydrogen (secondary N) is 1. The Kier molecular flexibility index (Phi) is 2.00. The molecule has 0 saturated carbocycles. The van der Waals surface area contributed by atoms with Crippen LogP contribution in [-0.2, 0) is 0 Å². The third kappa shape index (κ3) is 1.21. The van der Waals surface area contributed by atoms with Gasteiger partial charge in [0.1, 0.15) is 11.6 Å². The summed E-state index contributed by atoms with van der Waals surface area (Å²) in [4.78, 5) is 2.83. The van der Waals surface area contributed by atoms with E-state index in [4.69, 9.17) is 4.74 Å². The lowest BCUT2D eigenvalue weighted by atomic mass is 10.2. The van der Waals surface area contributed by atoms with E-state index < -0.39 is 0 Å². The van der Waals surface area contributed by atoms with Gasteiger partial charge >= 0.3 is 0 Å². The van der Waals surface area contributed by atoms with Crippen molar-refractivity contribution in [2.24, 2.45) is 0 Å². The fraction of sp³-hybridized carbons (Fsp3) is 0.111. The molecular weight excluding hydrogens is 237 g/mol. The highest BCUT2D eigenvalue weighted by atomic mass is 79.9. The molecule has 13 heavy (non-hydrogen) atoms. The molecule has 4 heteroatoms. The van der Waals surface area contributed by atoms with Crippen LogP contribution in [0.3, 0.4) is 0 Å². The van der Waals surface area contributed by atoms with Gasteiger partial charge < -0.3 is 9.72 Å². The predicted octanol–water partition coefficient (Wildman–Crippen LogP) is 3.08. The SMILES string of the molecule is COc1ccc(F)c2[nH]cc(Br)c12. The number of hydrogen-bond donors (Lipinski definition) is 1. The van der Waals surface area contributed by atoms with Crippen molar-refractivity contribution in [2.45, 2.75) is 0 Å². The number of hydrogen-bond acceptors (Lipinski definition) is 1. The Labute approximate surface area is 82.8 Å². The third-order valence-electron chi connectivity index (χ3n) is 1.92. The lowest BCUT2D eigenvalue weighted by Crippen LogP contribution is -1.85. The maximum atomic E-state index is 13.2. The highest BCUT2D eigenvalue weighted by Crippen LogP contribution is 2.33. The van der Waals surface area contributed by atoms with Crippen molar-refractivity contribution in [1.29, 1.82) is 0 Å². The smallest absolute Gasteiger partial charge is 0.147 e. The van der Waals surface area contributed by atoms with Gasteiger partial charge in [0.05, 0.1) is 18.0 Å². The van der Waals surface area contributed by atoms with Crippen LogP contribution in [-0.4, -0.2) is 12.1 Å². The highest BCUT2D eigenvalue weighted by molar-refractivity contribution is 9.10. The summed E-state index contributed by atoms with van der Waals surface area (Å²) in [5.41, 5.74) is 0.464. The molecule has 2 aromatic rings. The Morgan fingerprint density at radius 3 is 2.92 bits per heavy atom. The van der Waals surface area contributed by atoms with E-state index in [0.29, 0.717) is 11.3 Å². The molecule has 0 radical (unpaired) electrons. The van der Waals surface area contributed by atoms with E-state index in [2.05, 4.69) is 20.9 Å². The molecule has 0 saturated heterocycles. The molecule has 0 unspecified atom stereocenters. The first-order chi connectivity index (χ1) is 6.24. The fourth-order valence-corrected chi connectivity index (χ4v) is 1.82. The Morgan fingerprint density at radius 2 is 2.23 bits per heavy atom. The van der Waals surface area contributed by atoms with Gasteiger partial charge in [0.15, 0.2) is 0 Å². The molecule has 0 spiro atoms. The number of ether oxygens (including phenoxy) is 1. The fourth-order valence-electron chi connectivity index (χ4n) is 1.31. The normalized spacial score (nSPS) is 10.7. The first-order valence-corrected chi connectivity index (χ1v) is 4.52. The zero-order valence-electron chi connectivity index (χ0n) is 6.90. The zero-order valence-corrected chi connectivity index (χ0v) is 8.48. The molecular formula is C9H7BrFNO. The summed E-state index contributed by atoms with van der Waals surface area (Å²) in [7, 11) is 1.56. The van der Waals surface area contributed by atoms with Gasteiger partial charge in [0, 0.05) is 10.7 Å². The van der Waals surface area contributed by atoms with Crippen molar-refractivity contribution in [2.75, 3.05) is 7.11 Å². The Hall–Kier alpha value is -1.03. The molecule has 0 bridgehead atoms. The number of rotatable bonds is 1. The summed E-state index contributed by atoms with van der Waals surface area (Å²) in [6, 6.07) is 2.99. The van der Waals surface area contributed by atoms with Crippen molar-refractivity contribution in [3.05, 3.63) is 28.6 Å². The Morgan fingerprint density at radius 1 is 1.46 bits per heavy atom. The van der Waals surface area contributed by atoms with Crippen LogP contribution in [0.5, 0.6) is 5.75 Å². The molecule has 0 amide bonds. The zero-order chi connectivity index (χ0) is 9.42. The van der Waals surface area contributed by atoms with E-state index in [-0.39, 0.29) is 5.82 Å². The van der Waals surface area contributed by atoms with Gasteiger partial charge in [-0.2, -0.15) is 0 Å². The van der Waals surface area contributed by atoms with Crippen molar-refractivity contribution in [3.63, 3.8) is 0 Å². The van der Waals surface area contributed by atoms with Gasteiger partial charge in [0.25, 0.3) is 0 Å². The molecule has 1 heterocycles. The second-order valence-electron chi connectivity index (χ2n) is 2.64. The summed E-state index contributed by atoms with van der Waals surface area (Å²) in [5, 5.41) is 0.738. The monoisotopic (exact) mass is 243 g/mol. The first kappa shape index (κ1) is 8.56. The van der Waals surface area contributed by atoms with E-state index in [0.717, 1.165) is 9.86 Å². The number of fused-ring (bicyclic) bond motifs is 1. The van der Waals surface area contributed by atoms with Crippen LogP contribution in [0.15, 0.2) is 22.8 Å². The lowest BCUT2D eigenvalue weighted by Gasteiger charge is -2.02. The van der Waals surface area contributed by atoms with Crippen molar-refractivity contribution >= 4 is 26.8 Å². The third-order valence-corrected chi connectivity index (χ3v) is 2.54. The maximum absolute atomic E-state index is 13.2. The van der Waals surface area contributed by atoms with Crippen LogP contribution in [0.25, 0.3) is 10.9 Å². The van der Waals surface area contributed by atoms with E-state index in [1.807, 2.05) is 0 Å². The standard InChI is InChI=1S/C9H7BrFNO/c1-13-7-3-2-6(11)9-8(7)5(10)4-12-9/h2-4,12H,1H3. The molecule has 0 aliphatic heterocycles. The van der Waals surface area contributed by atoms with E-state index in [1.54, 1.807) is 19.4 Å². The molecule has 0 fully saturated rings. The minimum Gasteiger partial charge on any atom is -0.496 e. The van der Waals surface area contributed by atoms with E-state index in [1.165, 1.54) is 6.07 Å². The molecule has 1 aromatic carbocycles. The van der Waals surface area contributed by atoms with Crippen molar-refractivity contribution < 1.29 is 9.13 Å². The van der Waals surface area contributed by atoms with Gasteiger partial charge in [-0.05, 0) is 28.1 Å². The van der Waals surface area contributed by atoms with Crippen LogP contribution in [0.2, 0.25) is 0 Å². The predicted molar refractivity (Wildman–Crippen MR) is 52.5 cm³/mol. The molecule has 2 rings (SSSR count). The number of benzene rings is 1. The van der Waals surface area contributed by atoms with E-state index >= 15 is 0 Å². The average Bonchev–Trinajstić information content (AvgIpc) is 2.51. The van der Waals surface area contributed by atoms with Crippen molar-refractivity contribution in [3.8, 4) is 5.75 Å². The number of aromatic nitrogens is 1. The van der Waals surface area contributed by atoms with Gasteiger partial charge in [-0.1, -0.05) is 0 Å². The second kappa shape index (κ2) is 3.03. The number of aromatic amines is 1. The van der Waals surface area contributed by atoms with Gasteiger partial charge in [-0.3, -0.25) is 0 Å². The van der Waals surface area contributed by atoms with Crippen LogP contribution in [0, 0.1) is 5.82 Å². The lowest BCUT2D eigenvalue weighted by molar-refractivity contribution is 0.419. The summed E-state index contributed by atoms with van der Waals surface area (Å²) in [6.07, 6.45) is 1.69. The summed E-state index contributed by atoms with van der Waals surface area (Å²) in [6.45, 7) is 0. The number of H-pyrrole nitrogens is 1. The first-order valence-electron chi connectivity index (χ1n) is 3.73. The van der Waals surface area contributed by atoms with Crippen molar-refractivity contribution in [1.82, 2.24) is 4.98 Å². The summed E-state index contributed by atoms with van der Waals surface area (Å²) < 4.78 is 19.1. The topological polar surface area (TPSA) is 25.0 Å². The van der Waals surface area contributed by atoms with Crippen LogP contribution < -0.4 is 4.74 Å². The summed E-state index contributed by atoms with van der Waals surface area (Å²) in [5.74, 6) is 0.381. The van der Waals surface area contributed by atoms with Crippen LogP contribution >= 0.6 is 15.9 Å². The van der Waals surface area contributed by atoms with Crippen LogP contribution in [0.4, 0.5) is 4.39 Å². The molecule has 68 valence electrons. The minimum atomic E-state index is -0.276. The summed E-state index contributed by atoms with van der Waals surface area (Å²) >= 11 is 3.31. The number of halogens is 2. The maximum Gasteiger partial charge on any atom is 0.147 e. The van der Waals surface area contributed by atoms with E-state index in [9.17, 15) is 4.39 Å². The van der Waals surface area contributed by atoms with Gasteiger partial charge in [-0.25, -0.2) is 4.39 Å². The molecule has 2 nitrogen and oxygen atoms in total. The average molecular weight is 244 g/mol. The number of methoxy groups -OCH3 is 1. The molecule has 0 atom stereocenters. The molecule has 1 N–H and O–H groups in total. The minimum absolute atomic E-state index is 0.276. The molecule has 0 aliphatic rings. The molecule has 1 aromatic heterocycles. The largest absolute Gasteiger partial charge is 0.496 e. The van der Waals surface area contributed by atoms with Crippen LogP contribution in [0.1, 0.15) is 0 Å². The quantitative estimate of drug-likeness (QED) is 0.819.